The van der Waals surface area contributed by atoms with E-state index in [1.807, 2.05) is 6.08 Å². The van der Waals surface area contributed by atoms with Crippen molar-refractivity contribution in [2.24, 2.45) is 23.7 Å². The molecule has 0 aromatic rings. The smallest absolute Gasteiger partial charge is 0.155 e. The van der Waals surface area contributed by atoms with Gasteiger partial charge in [0.1, 0.15) is 5.83 Å². The summed E-state index contributed by atoms with van der Waals surface area (Å²) in [5.41, 5.74) is 1.07. The molecule has 0 aromatic carbocycles. The van der Waals surface area contributed by atoms with Crippen LogP contribution in [-0.4, -0.2) is 6.17 Å². The van der Waals surface area contributed by atoms with Crippen molar-refractivity contribution in [3.8, 4) is 0 Å². The average Bonchev–Trinajstić information content (AvgIpc) is 2.51. The van der Waals surface area contributed by atoms with E-state index in [0.29, 0.717) is 5.92 Å². The van der Waals surface area contributed by atoms with E-state index in [-0.39, 0.29) is 6.42 Å². The van der Waals surface area contributed by atoms with Gasteiger partial charge in [-0.25, -0.2) is 8.78 Å². The van der Waals surface area contributed by atoms with Crippen molar-refractivity contribution in [2.75, 3.05) is 0 Å². The Morgan fingerprint density at radius 1 is 0.905 bits per heavy atom. The second kappa shape index (κ2) is 6.62. The lowest BCUT2D eigenvalue weighted by molar-refractivity contribution is 0.158. The first-order valence-electron chi connectivity index (χ1n) is 8.84. The van der Waals surface area contributed by atoms with E-state index in [1.54, 1.807) is 0 Å². The SMILES string of the molecule is CC1CCC(C2CCC(C3=CCC(F)C(F)=C3)CC2)CC1. The van der Waals surface area contributed by atoms with Gasteiger partial charge in [0.2, 0.25) is 0 Å². The van der Waals surface area contributed by atoms with E-state index in [4.69, 9.17) is 0 Å². The molecule has 0 saturated heterocycles. The lowest BCUT2D eigenvalue weighted by Crippen LogP contribution is -2.26. The van der Waals surface area contributed by atoms with Gasteiger partial charge < -0.3 is 0 Å². The zero-order valence-corrected chi connectivity index (χ0v) is 13.2. The van der Waals surface area contributed by atoms with Crippen molar-refractivity contribution in [1.29, 1.82) is 0 Å². The molecule has 2 heteroatoms. The Hall–Kier alpha value is -0.660. The van der Waals surface area contributed by atoms with Crippen molar-refractivity contribution >= 4 is 0 Å². The number of hydrogen-bond donors (Lipinski definition) is 0. The molecule has 0 bridgehead atoms. The van der Waals surface area contributed by atoms with Crippen LogP contribution in [0.3, 0.4) is 0 Å². The molecule has 0 radical (unpaired) electrons. The molecule has 3 rings (SSSR count). The Labute approximate surface area is 127 Å². The molecule has 118 valence electrons. The van der Waals surface area contributed by atoms with Gasteiger partial charge in [-0.1, -0.05) is 25.8 Å². The van der Waals surface area contributed by atoms with Gasteiger partial charge in [0.15, 0.2) is 6.17 Å². The van der Waals surface area contributed by atoms with Crippen LogP contribution >= 0.6 is 0 Å². The Morgan fingerprint density at radius 3 is 2.05 bits per heavy atom. The molecule has 2 fully saturated rings. The summed E-state index contributed by atoms with van der Waals surface area (Å²) in [4.78, 5) is 0. The highest BCUT2D eigenvalue weighted by Gasteiger charge is 2.31. The van der Waals surface area contributed by atoms with Gasteiger partial charge in [0.25, 0.3) is 0 Å². The molecule has 0 aromatic heterocycles. The molecule has 3 aliphatic rings. The van der Waals surface area contributed by atoms with Gasteiger partial charge >= 0.3 is 0 Å². The number of rotatable bonds is 2. The van der Waals surface area contributed by atoms with Crippen LogP contribution in [-0.2, 0) is 0 Å². The van der Waals surface area contributed by atoms with E-state index in [2.05, 4.69) is 6.92 Å². The molecule has 1 unspecified atom stereocenters. The molecule has 21 heavy (non-hydrogen) atoms. The fourth-order valence-corrected chi connectivity index (χ4v) is 4.63. The number of allylic oxidation sites excluding steroid dienone is 4. The first-order chi connectivity index (χ1) is 10.1. The van der Waals surface area contributed by atoms with Crippen molar-refractivity contribution in [3.63, 3.8) is 0 Å². The Balaban J connectivity index is 1.51. The van der Waals surface area contributed by atoms with Gasteiger partial charge in [-0.15, -0.1) is 0 Å². The molecule has 0 aliphatic heterocycles. The second-order valence-corrected chi connectivity index (χ2v) is 7.57. The summed E-state index contributed by atoms with van der Waals surface area (Å²) >= 11 is 0. The minimum absolute atomic E-state index is 0.234. The maximum atomic E-state index is 13.4. The monoisotopic (exact) mass is 294 g/mol. The van der Waals surface area contributed by atoms with Crippen LogP contribution in [0.5, 0.6) is 0 Å². The summed E-state index contributed by atoms with van der Waals surface area (Å²) in [6.45, 7) is 2.38. The van der Waals surface area contributed by atoms with Crippen LogP contribution < -0.4 is 0 Å². The van der Waals surface area contributed by atoms with Gasteiger partial charge in [0.05, 0.1) is 0 Å². The maximum absolute atomic E-state index is 13.4. The first-order valence-corrected chi connectivity index (χ1v) is 8.84. The lowest BCUT2D eigenvalue weighted by Gasteiger charge is -2.37. The molecule has 3 aliphatic carbocycles. The van der Waals surface area contributed by atoms with Gasteiger partial charge in [-0.05, 0) is 73.8 Å². The van der Waals surface area contributed by atoms with Crippen LogP contribution in [0.15, 0.2) is 23.6 Å². The summed E-state index contributed by atoms with van der Waals surface area (Å²) in [7, 11) is 0. The molecule has 1 atom stereocenters. The van der Waals surface area contributed by atoms with Gasteiger partial charge in [-0.2, -0.15) is 0 Å². The van der Waals surface area contributed by atoms with Crippen molar-refractivity contribution < 1.29 is 8.78 Å². The van der Waals surface area contributed by atoms with E-state index in [9.17, 15) is 8.78 Å². The fraction of sp³-hybridized carbons (Fsp3) is 0.789. The minimum atomic E-state index is -1.39. The molecule has 2 saturated carbocycles. The molecular weight excluding hydrogens is 266 g/mol. The molecule has 0 spiro atoms. The Kier molecular flexibility index (Phi) is 4.81. The van der Waals surface area contributed by atoms with Crippen LogP contribution in [0.2, 0.25) is 0 Å². The summed E-state index contributed by atoms with van der Waals surface area (Å²) in [6, 6.07) is 0. The van der Waals surface area contributed by atoms with E-state index in [0.717, 1.165) is 23.3 Å². The Morgan fingerprint density at radius 2 is 1.48 bits per heavy atom. The van der Waals surface area contributed by atoms with Crippen LogP contribution in [0.4, 0.5) is 8.78 Å². The largest absolute Gasteiger partial charge is 0.239 e. The fourth-order valence-electron chi connectivity index (χ4n) is 4.63. The summed E-state index contributed by atoms with van der Waals surface area (Å²) in [6.07, 6.45) is 12.8. The van der Waals surface area contributed by atoms with E-state index >= 15 is 0 Å². The van der Waals surface area contributed by atoms with Crippen LogP contribution in [0.25, 0.3) is 0 Å². The standard InChI is InChI=1S/C19H28F2/c1-13-2-4-14(5-3-13)15-6-8-16(9-7-15)17-10-11-18(20)19(21)12-17/h10,12-16,18H,2-9,11H2,1H3. The van der Waals surface area contributed by atoms with E-state index < -0.39 is 12.0 Å². The molecule has 0 heterocycles. The van der Waals surface area contributed by atoms with E-state index in [1.165, 1.54) is 57.4 Å². The highest BCUT2D eigenvalue weighted by molar-refractivity contribution is 5.30. The average molecular weight is 294 g/mol. The summed E-state index contributed by atoms with van der Waals surface area (Å²) in [5.74, 6) is 2.66. The molecule has 0 N–H and O–H groups in total. The van der Waals surface area contributed by atoms with Crippen molar-refractivity contribution in [1.82, 2.24) is 0 Å². The third kappa shape index (κ3) is 3.57. The zero-order chi connectivity index (χ0) is 14.8. The second-order valence-electron chi connectivity index (χ2n) is 7.57. The number of halogens is 2. The van der Waals surface area contributed by atoms with Gasteiger partial charge in [-0.3, -0.25) is 0 Å². The van der Waals surface area contributed by atoms with Gasteiger partial charge in [0, 0.05) is 6.42 Å². The molecular formula is C19H28F2. The molecule has 0 amide bonds. The Bertz CT molecular complexity index is 407. The minimum Gasteiger partial charge on any atom is -0.239 e. The predicted molar refractivity (Wildman–Crippen MR) is 83.4 cm³/mol. The summed E-state index contributed by atoms with van der Waals surface area (Å²) < 4.78 is 26.6. The quantitative estimate of drug-likeness (QED) is 0.573. The normalized spacial score (nSPS) is 41.4. The first kappa shape index (κ1) is 15.2. The maximum Gasteiger partial charge on any atom is 0.155 e. The number of hydrogen-bond acceptors (Lipinski definition) is 0. The predicted octanol–water partition coefficient (Wildman–Crippen LogP) is 6.14. The molecule has 0 nitrogen and oxygen atoms in total. The van der Waals surface area contributed by atoms with Crippen molar-refractivity contribution in [3.05, 3.63) is 23.6 Å². The topological polar surface area (TPSA) is 0 Å². The third-order valence-corrected chi connectivity index (χ3v) is 6.13. The van der Waals surface area contributed by atoms with Crippen LogP contribution in [0.1, 0.15) is 64.7 Å². The number of alkyl halides is 1. The van der Waals surface area contributed by atoms with Crippen LogP contribution in [0, 0.1) is 23.7 Å². The lowest BCUT2D eigenvalue weighted by atomic mass is 9.68. The summed E-state index contributed by atoms with van der Waals surface area (Å²) in [5, 5.41) is 0. The third-order valence-electron chi connectivity index (χ3n) is 6.13. The highest BCUT2D eigenvalue weighted by Crippen LogP contribution is 2.43. The highest BCUT2D eigenvalue weighted by atomic mass is 19.2. The van der Waals surface area contributed by atoms with Crippen molar-refractivity contribution in [2.45, 2.75) is 70.9 Å². The zero-order valence-electron chi connectivity index (χ0n) is 13.2.